The van der Waals surface area contributed by atoms with Crippen molar-refractivity contribution in [3.8, 4) is 0 Å². The largest absolute Gasteiger partial charge is 0.478 e. The molecule has 1 aliphatic rings. The number of aromatic carboxylic acids is 1. The van der Waals surface area contributed by atoms with E-state index in [9.17, 15) is 24.0 Å². The first-order valence-electron chi connectivity index (χ1n) is 12.1. The molecule has 10 nitrogen and oxygen atoms in total. The molecular formula is C28H25ClN4O6. The van der Waals surface area contributed by atoms with Crippen molar-refractivity contribution in [3.63, 3.8) is 0 Å². The lowest BCUT2D eigenvalue weighted by molar-refractivity contribution is -0.137. The number of carboxylic acid groups (broad SMARTS) is 1. The van der Waals surface area contributed by atoms with Crippen LogP contribution in [0.5, 0.6) is 0 Å². The number of nitrogens with one attached hydrogen (secondary N) is 3. The highest BCUT2D eigenvalue weighted by molar-refractivity contribution is 6.40. The molecule has 4 rings (SSSR count). The van der Waals surface area contributed by atoms with Crippen molar-refractivity contribution in [2.45, 2.75) is 25.3 Å². The number of hydrogen-bond acceptors (Lipinski definition) is 5. The van der Waals surface area contributed by atoms with Crippen molar-refractivity contribution >= 4 is 58.3 Å². The van der Waals surface area contributed by atoms with Gasteiger partial charge in [0, 0.05) is 30.1 Å². The molecule has 1 unspecified atom stereocenters. The highest BCUT2D eigenvalue weighted by Gasteiger charge is 2.28. The molecule has 1 atom stereocenters. The predicted octanol–water partition coefficient (Wildman–Crippen LogP) is 3.47. The van der Waals surface area contributed by atoms with Crippen LogP contribution in [0.1, 0.15) is 28.8 Å². The zero-order valence-electron chi connectivity index (χ0n) is 20.6. The minimum atomic E-state index is -1.14. The summed E-state index contributed by atoms with van der Waals surface area (Å²) in [7, 11) is 0. The summed E-state index contributed by atoms with van der Waals surface area (Å²) in [4.78, 5) is 63.8. The lowest BCUT2D eigenvalue weighted by Gasteiger charge is -2.21. The summed E-state index contributed by atoms with van der Waals surface area (Å²) in [6.07, 6.45) is 1.14. The van der Waals surface area contributed by atoms with E-state index in [4.69, 9.17) is 16.7 Å². The Morgan fingerprint density at radius 2 is 1.64 bits per heavy atom. The van der Waals surface area contributed by atoms with Gasteiger partial charge in [-0.3, -0.25) is 19.2 Å². The van der Waals surface area contributed by atoms with E-state index in [0.717, 1.165) is 5.56 Å². The van der Waals surface area contributed by atoms with Crippen LogP contribution < -0.4 is 20.9 Å². The number of hydrogen-bond donors (Lipinski definition) is 4. The average molecular weight is 549 g/mol. The van der Waals surface area contributed by atoms with Gasteiger partial charge in [0.15, 0.2) is 0 Å². The standard InChI is InChI=1S/C28H25ClN4O6/c29-19-10-13-23(33-14-4-7-24(33)34)21(16-19)31-26(36)27(37)32-22(15-17-5-2-1-3-6-17)25(35)30-20-11-8-18(9-12-20)28(38)39/h1-3,5-6,8-13,16,22H,4,7,14-15H2,(H,30,35)(H,31,36)(H,32,37)(H,38,39). The van der Waals surface area contributed by atoms with Gasteiger partial charge in [-0.25, -0.2) is 4.79 Å². The zero-order chi connectivity index (χ0) is 27.9. The number of amides is 4. The van der Waals surface area contributed by atoms with Gasteiger partial charge < -0.3 is 26.0 Å². The van der Waals surface area contributed by atoms with Gasteiger partial charge in [-0.1, -0.05) is 41.9 Å². The van der Waals surface area contributed by atoms with Crippen LogP contribution in [-0.2, 0) is 25.6 Å². The molecule has 3 aromatic rings. The zero-order valence-corrected chi connectivity index (χ0v) is 21.4. The number of carboxylic acids is 1. The van der Waals surface area contributed by atoms with Crippen molar-refractivity contribution < 1.29 is 29.1 Å². The van der Waals surface area contributed by atoms with Crippen LogP contribution in [0.2, 0.25) is 5.02 Å². The first-order chi connectivity index (χ1) is 18.7. The molecule has 3 aromatic carbocycles. The normalized spacial score (nSPS) is 13.5. The predicted molar refractivity (Wildman–Crippen MR) is 146 cm³/mol. The van der Waals surface area contributed by atoms with Gasteiger partial charge in [0.1, 0.15) is 6.04 Å². The quantitative estimate of drug-likeness (QED) is 0.317. The minimum Gasteiger partial charge on any atom is -0.478 e. The summed E-state index contributed by atoms with van der Waals surface area (Å²) in [6.45, 7) is 0.475. The first kappa shape index (κ1) is 27.3. The van der Waals surface area contributed by atoms with E-state index >= 15 is 0 Å². The number of benzene rings is 3. The van der Waals surface area contributed by atoms with Gasteiger partial charge in [-0.2, -0.15) is 0 Å². The Balaban J connectivity index is 1.50. The third kappa shape index (κ3) is 6.99. The molecule has 200 valence electrons. The SMILES string of the molecule is O=C(Nc1cc(Cl)ccc1N1CCCC1=O)C(=O)NC(Cc1ccccc1)C(=O)Nc1ccc(C(=O)O)cc1. The van der Waals surface area contributed by atoms with Crippen LogP contribution >= 0.6 is 11.6 Å². The van der Waals surface area contributed by atoms with Gasteiger partial charge >= 0.3 is 17.8 Å². The molecule has 1 fully saturated rings. The Bertz CT molecular complexity index is 1410. The van der Waals surface area contributed by atoms with Crippen LogP contribution in [0.25, 0.3) is 0 Å². The number of carbonyl (C=O) groups is 5. The van der Waals surface area contributed by atoms with Gasteiger partial charge in [0.05, 0.1) is 16.9 Å². The second-order valence-corrected chi connectivity index (χ2v) is 9.29. The average Bonchev–Trinajstić information content (AvgIpc) is 3.34. The lowest BCUT2D eigenvalue weighted by Crippen LogP contribution is -2.49. The van der Waals surface area contributed by atoms with Crippen LogP contribution in [-0.4, -0.2) is 47.3 Å². The number of nitrogens with zero attached hydrogens (tertiary/aromatic N) is 1. The van der Waals surface area contributed by atoms with Crippen LogP contribution in [0.3, 0.4) is 0 Å². The number of halogens is 1. The minimum absolute atomic E-state index is 0.0508. The van der Waals surface area contributed by atoms with Gasteiger partial charge in [-0.15, -0.1) is 0 Å². The molecule has 1 saturated heterocycles. The van der Waals surface area contributed by atoms with Crippen LogP contribution in [0.4, 0.5) is 17.1 Å². The van der Waals surface area contributed by atoms with Gasteiger partial charge in [0.2, 0.25) is 11.8 Å². The summed E-state index contributed by atoms with van der Waals surface area (Å²) >= 11 is 6.10. The van der Waals surface area contributed by atoms with E-state index in [-0.39, 0.29) is 23.6 Å². The van der Waals surface area contributed by atoms with E-state index in [0.29, 0.717) is 35.8 Å². The highest BCUT2D eigenvalue weighted by atomic mass is 35.5. The van der Waals surface area contributed by atoms with Crippen molar-refractivity contribution in [1.29, 1.82) is 0 Å². The fourth-order valence-electron chi connectivity index (χ4n) is 4.13. The Kier molecular flexibility index (Phi) is 8.57. The molecule has 0 aromatic heterocycles. The summed E-state index contributed by atoms with van der Waals surface area (Å²) < 4.78 is 0. The third-order valence-electron chi connectivity index (χ3n) is 6.08. The molecular weight excluding hydrogens is 524 g/mol. The molecule has 1 heterocycles. The molecule has 4 N–H and O–H groups in total. The van der Waals surface area contributed by atoms with Crippen molar-refractivity contribution in [2.24, 2.45) is 0 Å². The topological polar surface area (TPSA) is 145 Å². The van der Waals surface area contributed by atoms with E-state index in [1.165, 1.54) is 35.2 Å². The molecule has 0 radical (unpaired) electrons. The van der Waals surface area contributed by atoms with E-state index in [2.05, 4.69) is 16.0 Å². The molecule has 11 heteroatoms. The molecule has 0 spiro atoms. The molecule has 0 bridgehead atoms. The van der Waals surface area contributed by atoms with Crippen LogP contribution in [0, 0.1) is 0 Å². The summed E-state index contributed by atoms with van der Waals surface area (Å²) in [6, 6.07) is 17.9. The highest BCUT2D eigenvalue weighted by Crippen LogP contribution is 2.32. The maximum atomic E-state index is 13.1. The molecule has 4 amide bonds. The lowest BCUT2D eigenvalue weighted by atomic mass is 10.0. The van der Waals surface area contributed by atoms with Crippen LogP contribution in [0.15, 0.2) is 72.8 Å². The number of rotatable bonds is 8. The summed E-state index contributed by atoms with van der Waals surface area (Å²) in [5.74, 6) is -3.92. The first-order valence-corrected chi connectivity index (χ1v) is 12.5. The molecule has 39 heavy (non-hydrogen) atoms. The Morgan fingerprint density at radius 1 is 0.923 bits per heavy atom. The maximum absolute atomic E-state index is 13.1. The van der Waals surface area contributed by atoms with E-state index < -0.39 is 29.7 Å². The fourth-order valence-corrected chi connectivity index (χ4v) is 4.31. The van der Waals surface area contributed by atoms with Crippen molar-refractivity contribution in [1.82, 2.24) is 5.32 Å². The van der Waals surface area contributed by atoms with Crippen molar-refractivity contribution in [2.75, 3.05) is 22.1 Å². The second-order valence-electron chi connectivity index (χ2n) is 8.85. The molecule has 1 aliphatic heterocycles. The Labute approximate surface area is 229 Å². The Morgan fingerprint density at radius 3 is 2.28 bits per heavy atom. The smallest absolute Gasteiger partial charge is 0.335 e. The second kappa shape index (κ2) is 12.2. The number of anilines is 3. The van der Waals surface area contributed by atoms with Gasteiger partial charge in [-0.05, 0) is 54.4 Å². The summed E-state index contributed by atoms with van der Waals surface area (Å²) in [5.41, 5.74) is 1.73. The maximum Gasteiger partial charge on any atom is 0.335 e. The Hall–Kier alpha value is -4.70. The van der Waals surface area contributed by atoms with E-state index in [1.54, 1.807) is 36.4 Å². The number of carbonyl (C=O) groups excluding carboxylic acids is 4. The fraction of sp³-hybridized carbons (Fsp3) is 0.179. The van der Waals surface area contributed by atoms with Crippen molar-refractivity contribution in [3.05, 3.63) is 88.9 Å². The molecule has 0 aliphatic carbocycles. The molecule has 0 saturated carbocycles. The van der Waals surface area contributed by atoms with E-state index in [1.807, 2.05) is 6.07 Å². The van der Waals surface area contributed by atoms with Gasteiger partial charge in [0.25, 0.3) is 0 Å². The monoisotopic (exact) mass is 548 g/mol. The summed E-state index contributed by atoms with van der Waals surface area (Å²) in [5, 5.41) is 17.0. The third-order valence-corrected chi connectivity index (χ3v) is 6.32.